The molecule has 3 N–H and O–H groups in total. The Morgan fingerprint density at radius 2 is 2.04 bits per heavy atom. The average Bonchev–Trinajstić information content (AvgIpc) is 2.83. The summed E-state index contributed by atoms with van der Waals surface area (Å²) in [5.74, 6) is -2.14. The minimum Gasteiger partial charge on any atom is -0.477 e. The summed E-state index contributed by atoms with van der Waals surface area (Å²) >= 11 is 1.26. The molecule has 2 aliphatic heterocycles. The van der Waals surface area contributed by atoms with E-state index >= 15 is 0 Å². The van der Waals surface area contributed by atoms with E-state index in [0.717, 1.165) is 0 Å². The Morgan fingerprint density at radius 1 is 1.39 bits per heavy atom. The lowest BCUT2D eigenvalue weighted by molar-refractivity contribution is -0.156. The van der Waals surface area contributed by atoms with Gasteiger partial charge in [-0.05, 0) is 24.6 Å². The van der Waals surface area contributed by atoms with E-state index in [1.54, 1.807) is 24.3 Å². The van der Waals surface area contributed by atoms with E-state index in [4.69, 9.17) is 0 Å². The van der Waals surface area contributed by atoms with Crippen LogP contribution in [0.1, 0.15) is 12.5 Å². The van der Waals surface area contributed by atoms with Crippen LogP contribution in [0.2, 0.25) is 0 Å². The molecule has 0 spiro atoms. The largest absolute Gasteiger partial charge is 0.477 e. The third-order valence-corrected chi connectivity index (χ3v) is 5.28. The lowest BCUT2D eigenvalue weighted by Gasteiger charge is -2.43. The first-order chi connectivity index (χ1) is 11.0. The van der Waals surface area contributed by atoms with Crippen LogP contribution in [0.5, 0.6) is 0 Å². The molecule has 23 heavy (non-hydrogen) atoms. The third kappa shape index (κ3) is 2.40. The molecule has 120 valence electrons. The van der Waals surface area contributed by atoms with Gasteiger partial charge in [0.2, 0.25) is 12.3 Å². The molecular weight excluding hydrogens is 320 g/mol. The fourth-order valence-corrected chi connectivity index (χ4v) is 4.39. The van der Waals surface area contributed by atoms with Crippen molar-refractivity contribution in [2.24, 2.45) is 5.92 Å². The highest BCUT2D eigenvalue weighted by atomic mass is 32.2. The molecule has 0 aromatic heterocycles. The molecule has 0 saturated carbocycles. The monoisotopic (exact) mass is 334 g/mol. The number of hydrogen-bond donors (Lipinski definition) is 3. The van der Waals surface area contributed by atoms with E-state index in [2.05, 4.69) is 5.32 Å². The van der Waals surface area contributed by atoms with Gasteiger partial charge in [0.25, 0.3) is 0 Å². The number of carbonyl (C=O) groups excluding carboxylic acids is 2. The summed E-state index contributed by atoms with van der Waals surface area (Å²) in [6, 6.07) is 6.68. The number of β-lactam (4-membered cyclic amide) rings is 1. The molecule has 0 radical (unpaired) electrons. The number of hydrogen-bond acceptors (Lipinski definition) is 5. The van der Waals surface area contributed by atoms with Gasteiger partial charge in [-0.2, -0.15) is 0 Å². The topological polar surface area (TPSA) is 107 Å². The van der Waals surface area contributed by atoms with E-state index in [9.17, 15) is 24.6 Å². The number of benzene rings is 1. The lowest BCUT2D eigenvalue weighted by atomic mass is 9.92. The zero-order chi connectivity index (χ0) is 16.7. The number of nitrogens with one attached hydrogen (secondary N) is 1. The molecule has 1 aromatic rings. The quantitative estimate of drug-likeness (QED) is 0.546. The van der Waals surface area contributed by atoms with Crippen LogP contribution in [0.15, 0.2) is 30.0 Å². The maximum Gasteiger partial charge on any atom is 0.353 e. The van der Waals surface area contributed by atoms with Crippen molar-refractivity contribution in [2.75, 3.05) is 5.32 Å². The number of nitrogens with zero attached hydrogens (tertiary/aromatic N) is 1. The summed E-state index contributed by atoms with van der Waals surface area (Å²) in [6.45, 7) is 1.53. The first-order valence-electron chi connectivity index (χ1n) is 6.91. The Bertz CT molecular complexity index is 713. The predicted molar refractivity (Wildman–Crippen MR) is 84.1 cm³/mol. The Balaban J connectivity index is 1.96. The number of carboxylic acids is 1. The van der Waals surface area contributed by atoms with Gasteiger partial charge in [-0.1, -0.05) is 23.9 Å². The highest BCUT2D eigenvalue weighted by Gasteiger charge is 2.57. The van der Waals surface area contributed by atoms with Crippen LogP contribution >= 0.6 is 11.8 Å². The summed E-state index contributed by atoms with van der Waals surface area (Å²) in [4.78, 5) is 35.8. The van der Waals surface area contributed by atoms with Crippen LogP contribution in [-0.4, -0.2) is 44.9 Å². The van der Waals surface area contributed by atoms with Crippen molar-refractivity contribution in [3.05, 3.63) is 35.5 Å². The van der Waals surface area contributed by atoms with E-state index in [1.807, 2.05) is 0 Å². The summed E-state index contributed by atoms with van der Waals surface area (Å²) in [5.41, 5.74) is 1.18. The van der Waals surface area contributed by atoms with E-state index < -0.39 is 23.4 Å². The Morgan fingerprint density at radius 3 is 2.57 bits per heavy atom. The normalized spacial score (nSPS) is 24.1. The number of anilines is 1. The van der Waals surface area contributed by atoms with Crippen molar-refractivity contribution in [2.45, 2.75) is 18.4 Å². The molecule has 1 saturated heterocycles. The first-order valence-corrected chi connectivity index (χ1v) is 7.79. The van der Waals surface area contributed by atoms with Gasteiger partial charge in [-0.25, -0.2) is 4.79 Å². The SMILES string of the molecule is CC(O)[C@H]1C(=O)N2C(C(=O)O)=C(c3ccc(NC=O)cc3)S[C@H]12. The van der Waals surface area contributed by atoms with Gasteiger partial charge in [0.05, 0.1) is 12.0 Å². The van der Waals surface area contributed by atoms with Crippen LogP contribution in [-0.2, 0) is 14.4 Å². The molecule has 1 aromatic carbocycles. The molecule has 2 heterocycles. The smallest absolute Gasteiger partial charge is 0.353 e. The summed E-state index contributed by atoms with van der Waals surface area (Å²) in [7, 11) is 0. The fraction of sp³-hybridized carbons (Fsp3) is 0.267. The average molecular weight is 334 g/mol. The van der Waals surface area contributed by atoms with Crippen LogP contribution in [0, 0.1) is 5.92 Å². The maximum absolute atomic E-state index is 12.1. The Labute approximate surface area is 136 Å². The number of fused-ring (bicyclic) bond motifs is 1. The van der Waals surface area contributed by atoms with Gasteiger partial charge in [0.15, 0.2) is 0 Å². The summed E-state index contributed by atoms with van der Waals surface area (Å²) in [5, 5.41) is 21.3. The van der Waals surface area contributed by atoms with Crippen LogP contribution in [0.4, 0.5) is 5.69 Å². The molecule has 0 bridgehead atoms. The fourth-order valence-electron chi connectivity index (χ4n) is 2.77. The standard InChI is InChI=1S/C15H14N2O5S/c1-7(19)10-13(20)17-11(15(21)22)12(23-14(10)17)8-2-4-9(5-3-8)16-6-18/h2-7,10,14,19H,1H3,(H,16,18)(H,21,22)/t7?,10-,14+/m0/s1. The van der Waals surface area contributed by atoms with Crippen LogP contribution < -0.4 is 5.32 Å². The van der Waals surface area contributed by atoms with Gasteiger partial charge in [0, 0.05) is 10.6 Å². The first kappa shape index (κ1) is 15.6. The van der Waals surface area contributed by atoms with Crippen molar-refractivity contribution in [1.29, 1.82) is 0 Å². The molecule has 0 aliphatic carbocycles. The van der Waals surface area contributed by atoms with Crippen molar-refractivity contribution >= 4 is 40.6 Å². The number of thioether (sulfide) groups is 1. The number of amides is 2. The van der Waals surface area contributed by atoms with Gasteiger partial charge < -0.3 is 15.5 Å². The molecule has 7 nitrogen and oxygen atoms in total. The molecule has 3 rings (SSSR count). The Hall–Kier alpha value is -2.32. The number of aliphatic carboxylic acids is 1. The predicted octanol–water partition coefficient (Wildman–Crippen LogP) is 0.920. The zero-order valence-electron chi connectivity index (χ0n) is 12.1. The van der Waals surface area contributed by atoms with Crippen molar-refractivity contribution < 1.29 is 24.6 Å². The molecule has 3 atom stereocenters. The molecule has 8 heteroatoms. The number of carbonyl (C=O) groups is 3. The second kappa shape index (κ2) is 5.71. The Kier molecular flexibility index (Phi) is 3.87. The number of carboxylic acid groups (broad SMARTS) is 1. The van der Waals surface area contributed by atoms with Crippen LogP contribution in [0.3, 0.4) is 0 Å². The van der Waals surface area contributed by atoms with E-state index in [-0.39, 0.29) is 11.6 Å². The third-order valence-electron chi connectivity index (χ3n) is 3.87. The van der Waals surface area contributed by atoms with Crippen LogP contribution in [0.25, 0.3) is 4.91 Å². The van der Waals surface area contributed by atoms with E-state index in [0.29, 0.717) is 22.6 Å². The second-order valence-corrected chi connectivity index (χ2v) is 6.43. The molecule has 1 fully saturated rings. The minimum absolute atomic E-state index is 0.0574. The van der Waals surface area contributed by atoms with Gasteiger partial charge >= 0.3 is 5.97 Å². The molecule has 2 aliphatic rings. The molecule has 2 amide bonds. The van der Waals surface area contributed by atoms with Gasteiger partial charge in [-0.15, -0.1) is 0 Å². The van der Waals surface area contributed by atoms with Gasteiger partial charge in [0.1, 0.15) is 11.1 Å². The van der Waals surface area contributed by atoms with E-state index in [1.165, 1.54) is 23.6 Å². The molecule has 1 unspecified atom stereocenters. The maximum atomic E-state index is 12.1. The minimum atomic E-state index is -1.18. The van der Waals surface area contributed by atoms with Crippen molar-refractivity contribution in [3.8, 4) is 0 Å². The van der Waals surface area contributed by atoms with Gasteiger partial charge in [-0.3, -0.25) is 14.5 Å². The lowest BCUT2D eigenvalue weighted by Crippen LogP contribution is -2.60. The second-order valence-electron chi connectivity index (χ2n) is 5.31. The summed E-state index contributed by atoms with van der Waals surface area (Å²) < 4.78 is 0. The summed E-state index contributed by atoms with van der Waals surface area (Å²) in [6.07, 6.45) is -0.274. The number of rotatable bonds is 5. The van der Waals surface area contributed by atoms with Crippen molar-refractivity contribution in [1.82, 2.24) is 4.90 Å². The molecular formula is C15H14N2O5S. The highest BCUT2D eigenvalue weighted by Crippen LogP contribution is 2.53. The zero-order valence-corrected chi connectivity index (χ0v) is 12.9. The number of aliphatic hydroxyl groups is 1. The number of aliphatic hydroxyl groups excluding tert-OH is 1. The van der Waals surface area contributed by atoms with Crippen molar-refractivity contribution in [3.63, 3.8) is 0 Å². The highest BCUT2D eigenvalue weighted by molar-refractivity contribution is 8.09.